The van der Waals surface area contributed by atoms with E-state index in [1.165, 1.54) is 23.5 Å². The molecule has 0 saturated heterocycles. The number of benzene rings is 2. The fraction of sp³-hybridized carbons (Fsp3) is 0.167. The smallest absolute Gasteiger partial charge is 0.241 e. The fourth-order valence-corrected chi connectivity index (χ4v) is 4.56. The van der Waals surface area contributed by atoms with Crippen molar-refractivity contribution >= 4 is 34.7 Å². The van der Waals surface area contributed by atoms with Crippen molar-refractivity contribution in [2.75, 3.05) is 0 Å². The lowest BCUT2D eigenvalue weighted by atomic mass is 10.1. The summed E-state index contributed by atoms with van der Waals surface area (Å²) in [6.07, 6.45) is -4.33. The monoisotopic (exact) mass is 398 g/mol. The van der Waals surface area contributed by atoms with E-state index in [1.807, 2.05) is 19.1 Å². The van der Waals surface area contributed by atoms with Crippen LogP contribution < -0.4 is 0 Å². The molecule has 0 aliphatic heterocycles. The maximum Gasteiger partial charge on any atom is 0.416 e. The predicted molar refractivity (Wildman–Crippen MR) is 97.1 cm³/mol. The van der Waals surface area contributed by atoms with Crippen LogP contribution in [0.1, 0.15) is 16.1 Å². The minimum absolute atomic E-state index is 0.581. The Morgan fingerprint density at radius 2 is 1.92 bits per heavy atom. The third-order valence-corrected chi connectivity index (χ3v) is 6.38. The average molecular weight is 399 g/mol. The third kappa shape index (κ3) is 4.37. The van der Waals surface area contributed by atoms with Crippen LogP contribution in [0.3, 0.4) is 0 Å². The van der Waals surface area contributed by atoms with Crippen molar-refractivity contribution in [1.82, 2.24) is 4.98 Å². The summed E-state index contributed by atoms with van der Waals surface area (Å²) in [7, 11) is 0. The molecule has 25 heavy (non-hydrogen) atoms. The topological polar surface area (TPSA) is 12.9 Å². The quantitative estimate of drug-likeness (QED) is 0.444. The first-order chi connectivity index (χ1) is 11.8. The summed E-state index contributed by atoms with van der Waals surface area (Å²) in [6.45, 7) is 1.90. The van der Waals surface area contributed by atoms with Gasteiger partial charge in [-0.1, -0.05) is 35.9 Å². The number of alkyl halides is 3. The largest absolute Gasteiger partial charge is 0.416 e. The maximum atomic E-state index is 12.7. The third-order valence-electron chi connectivity index (χ3n) is 3.48. The molecule has 1 aromatic heterocycles. The first-order valence-electron chi connectivity index (χ1n) is 7.27. The van der Waals surface area contributed by atoms with Crippen LogP contribution in [0, 0.1) is 13.0 Å². The van der Waals surface area contributed by atoms with Crippen molar-refractivity contribution in [2.45, 2.75) is 23.7 Å². The zero-order valence-corrected chi connectivity index (χ0v) is 15.4. The highest BCUT2D eigenvalue weighted by Gasteiger charge is 2.30. The van der Waals surface area contributed by atoms with Gasteiger partial charge in [0.25, 0.3) is 0 Å². The van der Waals surface area contributed by atoms with Gasteiger partial charge in [0.15, 0.2) is 0 Å². The molecule has 3 rings (SSSR count). The van der Waals surface area contributed by atoms with Crippen LogP contribution in [0.2, 0.25) is 5.02 Å². The van der Waals surface area contributed by atoms with Crippen LogP contribution in [0.5, 0.6) is 0 Å². The van der Waals surface area contributed by atoms with Crippen LogP contribution >= 0.6 is 34.7 Å². The molecule has 0 N–H and O–H groups in total. The Kier molecular flexibility index (Phi) is 5.41. The second-order valence-corrected chi connectivity index (χ2v) is 7.72. The van der Waals surface area contributed by atoms with Crippen LogP contribution in [0.4, 0.5) is 13.2 Å². The van der Waals surface area contributed by atoms with E-state index in [0.29, 0.717) is 21.3 Å². The molecule has 0 aliphatic rings. The first kappa shape index (κ1) is 18.3. The van der Waals surface area contributed by atoms with E-state index in [0.717, 1.165) is 27.6 Å². The summed E-state index contributed by atoms with van der Waals surface area (Å²) in [5.74, 6) is 0.696. The number of hydrogen-bond acceptors (Lipinski definition) is 3. The second kappa shape index (κ2) is 7.40. The SMILES string of the molecule is Cc1nc(-c2ccc(C(F)(F)F)cc2)sc1CSc1ccc[c]c1Cl. The molecular formula is C18H12ClF3NS2. The Bertz CT molecular complexity index is 873. The Hall–Kier alpha value is -1.50. The molecular weight excluding hydrogens is 387 g/mol. The highest BCUT2D eigenvalue weighted by molar-refractivity contribution is 7.98. The van der Waals surface area contributed by atoms with Gasteiger partial charge in [-0.15, -0.1) is 23.1 Å². The molecule has 0 amide bonds. The number of halogens is 4. The molecule has 1 radical (unpaired) electrons. The molecule has 0 spiro atoms. The van der Waals surface area contributed by atoms with E-state index in [-0.39, 0.29) is 0 Å². The zero-order valence-electron chi connectivity index (χ0n) is 13.0. The summed E-state index contributed by atoms with van der Waals surface area (Å²) < 4.78 is 38.0. The molecule has 0 aliphatic carbocycles. The van der Waals surface area contributed by atoms with Gasteiger partial charge in [0, 0.05) is 27.2 Å². The second-order valence-electron chi connectivity index (χ2n) is 5.24. The lowest BCUT2D eigenvalue weighted by Crippen LogP contribution is -2.03. The summed E-state index contributed by atoms with van der Waals surface area (Å²) in [5.41, 5.74) is 0.905. The van der Waals surface area contributed by atoms with Crippen LogP contribution in [-0.4, -0.2) is 4.98 Å². The average Bonchev–Trinajstić information content (AvgIpc) is 2.94. The van der Waals surface area contributed by atoms with Crippen molar-refractivity contribution in [3.8, 4) is 10.6 Å². The maximum absolute atomic E-state index is 12.7. The molecule has 129 valence electrons. The highest BCUT2D eigenvalue weighted by atomic mass is 35.5. The van der Waals surface area contributed by atoms with Crippen molar-refractivity contribution in [1.29, 1.82) is 0 Å². The Morgan fingerprint density at radius 3 is 2.56 bits per heavy atom. The molecule has 2 aromatic carbocycles. The molecule has 0 unspecified atom stereocenters. The van der Waals surface area contributed by atoms with Gasteiger partial charge in [-0.2, -0.15) is 13.2 Å². The standard InChI is InChI=1S/C18H12ClF3NS2/c1-11-16(10-24-15-5-3-2-4-14(15)19)25-17(23-11)12-6-8-13(9-7-12)18(20,21)22/h2-3,5-9H,10H2,1H3. The van der Waals surface area contributed by atoms with E-state index < -0.39 is 11.7 Å². The number of thiazole rings is 1. The number of nitrogens with zero attached hydrogens (tertiary/aromatic N) is 1. The lowest BCUT2D eigenvalue weighted by Gasteiger charge is -2.06. The van der Waals surface area contributed by atoms with Crippen molar-refractivity contribution in [3.63, 3.8) is 0 Å². The summed E-state index contributed by atoms with van der Waals surface area (Å²) in [4.78, 5) is 6.50. The van der Waals surface area contributed by atoms with E-state index in [4.69, 9.17) is 11.6 Å². The lowest BCUT2D eigenvalue weighted by molar-refractivity contribution is -0.137. The molecule has 0 bridgehead atoms. The van der Waals surface area contributed by atoms with Crippen molar-refractivity contribution in [2.24, 2.45) is 0 Å². The summed E-state index contributed by atoms with van der Waals surface area (Å²) in [5, 5.41) is 1.30. The number of aromatic nitrogens is 1. The van der Waals surface area contributed by atoms with Crippen molar-refractivity contribution in [3.05, 3.63) is 69.7 Å². The molecule has 0 fully saturated rings. The molecule has 0 saturated carbocycles. The number of aryl methyl sites for hydroxylation is 1. The molecule has 1 nitrogen and oxygen atoms in total. The van der Waals surface area contributed by atoms with Gasteiger partial charge in [0.05, 0.1) is 16.3 Å². The Labute approximate surface area is 156 Å². The van der Waals surface area contributed by atoms with Crippen LogP contribution in [0.15, 0.2) is 47.4 Å². The van der Waals surface area contributed by atoms with E-state index in [9.17, 15) is 13.2 Å². The number of thioether (sulfide) groups is 1. The molecule has 0 atom stereocenters. The first-order valence-corrected chi connectivity index (χ1v) is 9.45. The van der Waals surface area contributed by atoms with Crippen LogP contribution in [-0.2, 0) is 11.9 Å². The fourth-order valence-electron chi connectivity index (χ4n) is 2.14. The highest BCUT2D eigenvalue weighted by Crippen LogP contribution is 2.36. The summed E-state index contributed by atoms with van der Waals surface area (Å²) >= 11 is 9.17. The van der Waals surface area contributed by atoms with Gasteiger partial charge in [0.1, 0.15) is 5.01 Å². The van der Waals surface area contributed by atoms with Gasteiger partial charge >= 0.3 is 6.18 Å². The Morgan fingerprint density at radius 1 is 1.20 bits per heavy atom. The van der Waals surface area contributed by atoms with Gasteiger partial charge in [-0.25, -0.2) is 4.98 Å². The van der Waals surface area contributed by atoms with E-state index in [1.54, 1.807) is 17.8 Å². The van der Waals surface area contributed by atoms with E-state index >= 15 is 0 Å². The number of rotatable bonds is 4. The van der Waals surface area contributed by atoms with Gasteiger partial charge in [-0.05, 0) is 25.1 Å². The summed E-state index contributed by atoms with van der Waals surface area (Å²) in [6, 6.07) is 13.6. The molecule has 7 heteroatoms. The normalized spacial score (nSPS) is 11.7. The molecule has 3 aromatic rings. The Balaban J connectivity index is 1.77. The molecule has 1 heterocycles. The minimum atomic E-state index is -4.33. The van der Waals surface area contributed by atoms with Crippen molar-refractivity contribution < 1.29 is 13.2 Å². The van der Waals surface area contributed by atoms with Gasteiger partial charge in [-0.3, -0.25) is 0 Å². The number of hydrogen-bond donors (Lipinski definition) is 0. The predicted octanol–water partition coefficient (Wildman–Crippen LogP) is 6.88. The zero-order chi connectivity index (χ0) is 18.0. The van der Waals surface area contributed by atoms with Crippen LogP contribution in [0.25, 0.3) is 10.6 Å². The van der Waals surface area contributed by atoms with Gasteiger partial charge in [0.2, 0.25) is 0 Å². The van der Waals surface area contributed by atoms with Gasteiger partial charge < -0.3 is 0 Å². The minimum Gasteiger partial charge on any atom is -0.241 e. The van der Waals surface area contributed by atoms with E-state index in [2.05, 4.69) is 11.1 Å².